The summed E-state index contributed by atoms with van der Waals surface area (Å²) in [6.07, 6.45) is 6.71. The number of rotatable bonds is 8. The Balaban J connectivity index is 1.28. The van der Waals surface area contributed by atoms with Crippen molar-refractivity contribution in [2.24, 2.45) is 0 Å². The average Bonchev–Trinajstić information content (AvgIpc) is 3.35. The molecule has 1 aliphatic rings. The number of hydrogen-bond acceptors (Lipinski definition) is 5. The molecule has 0 saturated carbocycles. The summed E-state index contributed by atoms with van der Waals surface area (Å²) < 4.78 is 8.64. The van der Waals surface area contributed by atoms with Crippen LogP contribution in [0.25, 0.3) is 16.6 Å². The smallest absolute Gasteiger partial charge is 0.291 e. The maximum Gasteiger partial charge on any atom is 0.291 e. The first-order chi connectivity index (χ1) is 13.1. The zero-order valence-corrected chi connectivity index (χ0v) is 15.6. The minimum Gasteiger partial charge on any atom is -0.463 e. The molecule has 3 aromatic heterocycles. The topological polar surface area (TPSA) is 84.8 Å². The fourth-order valence-corrected chi connectivity index (χ4v) is 3.67. The van der Waals surface area contributed by atoms with E-state index in [-0.39, 0.29) is 17.5 Å². The third-order valence-corrected chi connectivity index (χ3v) is 5.26. The Hall–Kier alpha value is -2.61. The largest absolute Gasteiger partial charge is 0.463 e. The van der Waals surface area contributed by atoms with Crippen LogP contribution < -0.4 is 10.9 Å². The molecule has 4 heterocycles. The van der Waals surface area contributed by atoms with Crippen LogP contribution >= 0.6 is 0 Å². The molecule has 144 valence electrons. The fraction of sp³-hybridized carbons (Fsp3) is 0.526. The zero-order chi connectivity index (χ0) is 18.8. The van der Waals surface area contributed by atoms with Crippen molar-refractivity contribution in [3.63, 3.8) is 0 Å². The average molecular weight is 371 g/mol. The van der Waals surface area contributed by atoms with Gasteiger partial charge < -0.3 is 14.6 Å². The van der Waals surface area contributed by atoms with Gasteiger partial charge in [-0.05, 0) is 32.7 Å². The van der Waals surface area contributed by atoms with Gasteiger partial charge >= 0.3 is 0 Å². The van der Waals surface area contributed by atoms with Crippen molar-refractivity contribution < 1.29 is 9.21 Å². The van der Waals surface area contributed by atoms with Gasteiger partial charge in [0.1, 0.15) is 11.8 Å². The standard InChI is InChI=1S/C19H25N5O3/c1-14(20-7-3-9-22-8-2-4-18(22)25)5-10-24-19(26)16-12-17-15(6-11-27-17)23(16)13-21-24/h6,11-14,20H,2-5,7-10H2,1H3. The van der Waals surface area contributed by atoms with Gasteiger partial charge in [-0.3, -0.25) is 14.0 Å². The molecule has 0 aliphatic carbocycles. The monoisotopic (exact) mass is 371 g/mol. The molecule has 8 nitrogen and oxygen atoms in total. The van der Waals surface area contributed by atoms with Crippen LogP contribution in [-0.2, 0) is 11.3 Å². The van der Waals surface area contributed by atoms with E-state index in [4.69, 9.17) is 4.42 Å². The highest BCUT2D eigenvalue weighted by molar-refractivity contribution is 5.81. The lowest BCUT2D eigenvalue weighted by molar-refractivity contribution is -0.127. The lowest BCUT2D eigenvalue weighted by Crippen LogP contribution is -2.33. The van der Waals surface area contributed by atoms with E-state index in [9.17, 15) is 9.59 Å². The Morgan fingerprint density at radius 3 is 3.00 bits per heavy atom. The van der Waals surface area contributed by atoms with Gasteiger partial charge in [-0.2, -0.15) is 5.10 Å². The Kier molecular flexibility index (Phi) is 4.98. The Morgan fingerprint density at radius 2 is 2.19 bits per heavy atom. The number of likely N-dealkylation sites (tertiary alicyclic amines) is 1. The molecule has 3 aromatic rings. The summed E-state index contributed by atoms with van der Waals surface area (Å²) in [6, 6.07) is 3.86. The van der Waals surface area contributed by atoms with Gasteiger partial charge in [-0.25, -0.2) is 4.68 Å². The molecule has 1 amide bonds. The van der Waals surface area contributed by atoms with Gasteiger partial charge in [0.05, 0.1) is 11.8 Å². The van der Waals surface area contributed by atoms with E-state index in [0.29, 0.717) is 24.1 Å². The van der Waals surface area contributed by atoms with Gasteiger partial charge in [-0.15, -0.1) is 0 Å². The highest BCUT2D eigenvalue weighted by atomic mass is 16.3. The van der Waals surface area contributed by atoms with E-state index < -0.39 is 0 Å². The number of carbonyl (C=O) groups is 1. The van der Waals surface area contributed by atoms with Gasteiger partial charge in [0.25, 0.3) is 5.56 Å². The highest BCUT2D eigenvalue weighted by Crippen LogP contribution is 2.18. The molecule has 1 saturated heterocycles. The Labute approximate surface area is 156 Å². The fourth-order valence-electron chi connectivity index (χ4n) is 3.67. The van der Waals surface area contributed by atoms with Gasteiger partial charge in [0, 0.05) is 44.2 Å². The highest BCUT2D eigenvalue weighted by Gasteiger charge is 2.19. The van der Waals surface area contributed by atoms with E-state index in [1.54, 1.807) is 23.1 Å². The van der Waals surface area contributed by atoms with E-state index in [0.717, 1.165) is 44.4 Å². The third-order valence-electron chi connectivity index (χ3n) is 5.26. The quantitative estimate of drug-likeness (QED) is 0.608. The van der Waals surface area contributed by atoms with Crippen LogP contribution in [0.5, 0.6) is 0 Å². The van der Waals surface area contributed by atoms with Crippen molar-refractivity contribution in [3.8, 4) is 0 Å². The van der Waals surface area contributed by atoms with Crippen molar-refractivity contribution in [2.75, 3.05) is 19.6 Å². The summed E-state index contributed by atoms with van der Waals surface area (Å²) in [5.74, 6) is 0.279. The first-order valence-corrected chi connectivity index (χ1v) is 9.59. The molecule has 4 rings (SSSR count). The van der Waals surface area contributed by atoms with Crippen LogP contribution in [0.1, 0.15) is 32.6 Å². The number of fused-ring (bicyclic) bond motifs is 3. The van der Waals surface area contributed by atoms with Crippen molar-refractivity contribution in [3.05, 3.63) is 35.1 Å². The Morgan fingerprint density at radius 1 is 1.30 bits per heavy atom. The first kappa shape index (κ1) is 17.8. The number of hydrogen-bond donors (Lipinski definition) is 1. The number of furan rings is 1. The molecule has 1 N–H and O–H groups in total. The number of nitrogens with zero attached hydrogens (tertiary/aromatic N) is 4. The summed E-state index contributed by atoms with van der Waals surface area (Å²) in [5, 5.41) is 7.76. The second-order valence-corrected chi connectivity index (χ2v) is 7.21. The lowest BCUT2D eigenvalue weighted by Gasteiger charge is -2.17. The van der Waals surface area contributed by atoms with Gasteiger partial charge in [0.2, 0.25) is 5.91 Å². The molecule has 1 aliphatic heterocycles. The molecule has 8 heteroatoms. The van der Waals surface area contributed by atoms with E-state index in [1.807, 2.05) is 11.0 Å². The minimum absolute atomic E-state index is 0.108. The number of aryl methyl sites for hydroxylation is 1. The van der Waals surface area contributed by atoms with E-state index in [2.05, 4.69) is 17.3 Å². The summed E-state index contributed by atoms with van der Waals surface area (Å²) in [7, 11) is 0. The van der Waals surface area contributed by atoms with Crippen molar-refractivity contribution in [1.82, 2.24) is 24.4 Å². The lowest BCUT2D eigenvalue weighted by atomic mass is 10.2. The molecule has 0 aromatic carbocycles. The van der Waals surface area contributed by atoms with Crippen LogP contribution in [0.4, 0.5) is 0 Å². The molecule has 27 heavy (non-hydrogen) atoms. The van der Waals surface area contributed by atoms with E-state index >= 15 is 0 Å². The molecular weight excluding hydrogens is 346 g/mol. The van der Waals surface area contributed by atoms with Crippen molar-refractivity contribution in [2.45, 2.75) is 45.2 Å². The van der Waals surface area contributed by atoms with Crippen molar-refractivity contribution in [1.29, 1.82) is 0 Å². The van der Waals surface area contributed by atoms with E-state index in [1.165, 1.54) is 4.68 Å². The van der Waals surface area contributed by atoms with Crippen LogP contribution in [0.2, 0.25) is 0 Å². The molecule has 1 fully saturated rings. The zero-order valence-electron chi connectivity index (χ0n) is 15.6. The predicted octanol–water partition coefficient (Wildman–Crippen LogP) is 1.62. The molecule has 0 radical (unpaired) electrons. The van der Waals surface area contributed by atoms with Crippen LogP contribution in [-0.4, -0.2) is 50.7 Å². The number of aromatic nitrogens is 3. The maximum atomic E-state index is 12.6. The summed E-state index contributed by atoms with van der Waals surface area (Å²) in [5.41, 5.74) is 2.02. The summed E-state index contributed by atoms with van der Waals surface area (Å²) >= 11 is 0. The second-order valence-electron chi connectivity index (χ2n) is 7.21. The predicted molar refractivity (Wildman–Crippen MR) is 102 cm³/mol. The molecule has 0 spiro atoms. The molecule has 1 atom stereocenters. The number of nitrogens with one attached hydrogen (secondary N) is 1. The molecule has 1 unspecified atom stereocenters. The Bertz CT molecular complexity index is 1000. The maximum absolute atomic E-state index is 12.6. The number of amides is 1. The molecular formula is C19H25N5O3. The normalized spacial score (nSPS) is 16.0. The number of carbonyl (C=O) groups excluding carboxylic acids is 1. The summed E-state index contributed by atoms with van der Waals surface area (Å²) in [6.45, 7) is 5.25. The van der Waals surface area contributed by atoms with Gasteiger partial charge in [0.15, 0.2) is 5.58 Å². The third kappa shape index (κ3) is 3.62. The summed E-state index contributed by atoms with van der Waals surface area (Å²) in [4.78, 5) is 26.2. The molecule has 0 bridgehead atoms. The van der Waals surface area contributed by atoms with Gasteiger partial charge in [-0.1, -0.05) is 0 Å². The van der Waals surface area contributed by atoms with Crippen molar-refractivity contribution >= 4 is 22.5 Å². The second kappa shape index (κ2) is 7.56. The first-order valence-electron chi connectivity index (χ1n) is 9.59. The minimum atomic E-state index is -0.108. The van der Waals surface area contributed by atoms with Crippen LogP contribution in [0.3, 0.4) is 0 Å². The van der Waals surface area contributed by atoms with Crippen LogP contribution in [0.15, 0.2) is 33.9 Å². The SMILES string of the molecule is CC(CCn1ncn2c(cc3occc32)c1=O)NCCCN1CCCC1=O. The van der Waals surface area contributed by atoms with Crippen LogP contribution in [0, 0.1) is 0 Å².